The summed E-state index contributed by atoms with van der Waals surface area (Å²) in [6.45, 7) is 6.73. The summed E-state index contributed by atoms with van der Waals surface area (Å²) in [6, 6.07) is 9.68. The highest BCUT2D eigenvalue weighted by atomic mass is 19.1. The van der Waals surface area contributed by atoms with Crippen LogP contribution in [-0.4, -0.2) is 61.7 Å². The van der Waals surface area contributed by atoms with Crippen molar-refractivity contribution < 1.29 is 23.4 Å². The second-order valence-electron chi connectivity index (χ2n) is 8.05. The first kappa shape index (κ1) is 20.2. The molecule has 31 heavy (non-hydrogen) atoms. The molecule has 1 saturated heterocycles. The number of carbonyl (C=O) groups is 1. The maximum absolute atomic E-state index is 13.5. The molecule has 7 heteroatoms. The van der Waals surface area contributed by atoms with Crippen LogP contribution in [-0.2, 0) is 11.3 Å². The molecule has 0 atom stereocenters. The normalized spacial score (nSPS) is 20.3. The predicted molar refractivity (Wildman–Crippen MR) is 114 cm³/mol. The average Bonchev–Trinajstić information content (AvgIpc) is 3.10. The van der Waals surface area contributed by atoms with Gasteiger partial charge in [0.05, 0.1) is 24.3 Å². The van der Waals surface area contributed by atoms with Crippen LogP contribution in [0.25, 0.3) is 6.08 Å². The first-order valence-corrected chi connectivity index (χ1v) is 10.7. The highest BCUT2D eigenvalue weighted by molar-refractivity contribution is 6.15. The fourth-order valence-corrected chi connectivity index (χ4v) is 4.24. The molecule has 0 amide bonds. The largest absolute Gasteiger partial charge is 0.478 e. The van der Waals surface area contributed by atoms with Gasteiger partial charge in [-0.1, -0.05) is 12.1 Å². The van der Waals surface area contributed by atoms with E-state index in [0.717, 1.165) is 57.1 Å². The molecule has 0 spiro atoms. The van der Waals surface area contributed by atoms with E-state index >= 15 is 0 Å². The van der Waals surface area contributed by atoms with Crippen LogP contribution in [0.2, 0.25) is 0 Å². The molecule has 0 aliphatic carbocycles. The first-order valence-electron chi connectivity index (χ1n) is 10.7. The smallest absolute Gasteiger partial charge is 0.231 e. The van der Waals surface area contributed by atoms with Crippen LogP contribution >= 0.6 is 0 Å². The summed E-state index contributed by atoms with van der Waals surface area (Å²) in [6.07, 6.45) is 2.62. The van der Waals surface area contributed by atoms with Crippen LogP contribution in [0.1, 0.15) is 27.9 Å². The zero-order valence-electron chi connectivity index (χ0n) is 17.3. The zero-order valence-corrected chi connectivity index (χ0v) is 17.3. The van der Waals surface area contributed by atoms with Crippen LogP contribution in [0.4, 0.5) is 4.39 Å². The predicted octanol–water partition coefficient (Wildman–Crippen LogP) is 3.32. The van der Waals surface area contributed by atoms with E-state index in [1.807, 2.05) is 6.07 Å². The van der Waals surface area contributed by atoms with Gasteiger partial charge >= 0.3 is 0 Å². The third kappa shape index (κ3) is 4.35. The Morgan fingerprint density at radius 3 is 2.74 bits per heavy atom. The molecule has 0 N–H and O–H groups in total. The number of halogens is 1. The van der Waals surface area contributed by atoms with Gasteiger partial charge < -0.3 is 14.2 Å². The number of ether oxygens (including phenoxy) is 3. The van der Waals surface area contributed by atoms with Gasteiger partial charge in [-0.3, -0.25) is 14.6 Å². The van der Waals surface area contributed by atoms with E-state index in [2.05, 4.69) is 9.80 Å². The summed E-state index contributed by atoms with van der Waals surface area (Å²) in [5.74, 6) is 0.978. The van der Waals surface area contributed by atoms with Gasteiger partial charge in [0, 0.05) is 26.2 Å². The topological polar surface area (TPSA) is 51.2 Å². The number of morpholine rings is 1. The molecule has 0 saturated carbocycles. The van der Waals surface area contributed by atoms with E-state index in [9.17, 15) is 9.18 Å². The van der Waals surface area contributed by atoms with E-state index in [0.29, 0.717) is 30.2 Å². The highest BCUT2D eigenvalue weighted by Crippen LogP contribution is 2.42. The van der Waals surface area contributed by atoms with Crippen molar-refractivity contribution in [1.82, 2.24) is 9.80 Å². The Balaban J connectivity index is 1.29. The van der Waals surface area contributed by atoms with Crippen molar-refractivity contribution in [3.8, 4) is 11.5 Å². The lowest BCUT2D eigenvalue weighted by atomic mass is 10.0. The molecule has 2 aromatic rings. The number of hydrogen-bond donors (Lipinski definition) is 0. The average molecular weight is 424 g/mol. The second-order valence-corrected chi connectivity index (χ2v) is 8.05. The Morgan fingerprint density at radius 2 is 1.90 bits per heavy atom. The van der Waals surface area contributed by atoms with Crippen molar-refractivity contribution in [3.05, 3.63) is 64.7 Å². The molecule has 1 fully saturated rings. The lowest BCUT2D eigenvalue weighted by molar-refractivity contribution is 0.0329. The van der Waals surface area contributed by atoms with Crippen LogP contribution in [0, 0.1) is 5.82 Å². The number of fused-ring (bicyclic) bond motifs is 3. The number of carbonyl (C=O) groups excluding carboxylic acids is 1. The van der Waals surface area contributed by atoms with Gasteiger partial charge in [0.15, 0.2) is 5.76 Å². The minimum absolute atomic E-state index is 0.188. The first-order chi connectivity index (χ1) is 15.2. The number of ketones is 1. The molecule has 5 rings (SSSR count). The maximum atomic E-state index is 13.5. The summed E-state index contributed by atoms with van der Waals surface area (Å²) in [5, 5.41) is 0. The van der Waals surface area contributed by atoms with Crippen LogP contribution in [0.5, 0.6) is 11.5 Å². The van der Waals surface area contributed by atoms with Gasteiger partial charge in [0.2, 0.25) is 5.78 Å². The zero-order chi connectivity index (χ0) is 21.2. The highest BCUT2D eigenvalue weighted by Gasteiger charge is 2.33. The fourth-order valence-electron chi connectivity index (χ4n) is 4.24. The lowest BCUT2D eigenvalue weighted by Gasteiger charge is -2.31. The number of benzene rings is 2. The molecule has 0 unspecified atom stereocenters. The van der Waals surface area contributed by atoms with E-state index in [1.54, 1.807) is 24.3 Å². The second kappa shape index (κ2) is 8.78. The Labute approximate surface area is 180 Å². The lowest BCUT2D eigenvalue weighted by Crippen LogP contribution is -2.39. The summed E-state index contributed by atoms with van der Waals surface area (Å²) in [4.78, 5) is 17.5. The van der Waals surface area contributed by atoms with Crippen molar-refractivity contribution in [3.63, 3.8) is 0 Å². The van der Waals surface area contributed by atoms with Crippen molar-refractivity contribution >= 4 is 11.9 Å². The Kier molecular flexibility index (Phi) is 5.72. The quantitative estimate of drug-likeness (QED) is 0.687. The number of nitrogens with zero attached hydrogens (tertiary/aromatic N) is 2. The third-order valence-electron chi connectivity index (χ3n) is 5.88. The molecule has 3 heterocycles. The van der Waals surface area contributed by atoms with Crippen molar-refractivity contribution in [2.75, 3.05) is 46.1 Å². The summed E-state index contributed by atoms with van der Waals surface area (Å²) < 4.78 is 30.8. The van der Waals surface area contributed by atoms with Crippen molar-refractivity contribution in [1.29, 1.82) is 0 Å². The maximum Gasteiger partial charge on any atom is 0.231 e. The van der Waals surface area contributed by atoms with Gasteiger partial charge in [0.1, 0.15) is 24.0 Å². The van der Waals surface area contributed by atoms with E-state index in [-0.39, 0.29) is 17.4 Å². The van der Waals surface area contributed by atoms with Gasteiger partial charge in [-0.15, -0.1) is 0 Å². The Morgan fingerprint density at radius 1 is 1.06 bits per heavy atom. The fraction of sp³-hybridized carbons (Fsp3) is 0.375. The molecule has 3 aliphatic rings. The molecule has 6 nitrogen and oxygen atoms in total. The van der Waals surface area contributed by atoms with Crippen molar-refractivity contribution in [2.24, 2.45) is 0 Å². The van der Waals surface area contributed by atoms with E-state index in [1.165, 1.54) is 12.1 Å². The molecule has 0 radical (unpaired) electrons. The molecular weight excluding hydrogens is 399 g/mol. The SMILES string of the molecule is O=C1/C(=C/c2cccc(F)c2)Oc2c1ccc1c2CN(CCCN2CCOCC2)CO1. The molecule has 0 aromatic heterocycles. The number of hydrogen-bond acceptors (Lipinski definition) is 6. The van der Waals surface area contributed by atoms with E-state index in [4.69, 9.17) is 14.2 Å². The molecule has 162 valence electrons. The summed E-state index contributed by atoms with van der Waals surface area (Å²) in [7, 11) is 0. The minimum atomic E-state index is -0.351. The minimum Gasteiger partial charge on any atom is -0.478 e. The molecule has 3 aliphatic heterocycles. The van der Waals surface area contributed by atoms with Gasteiger partial charge in [-0.2, -0.15) is 0 Å². The van der Waals surface area contributed by atoms with E-state index < -0.39 is 0 Å². The van der Waals surface area contributed by atoms with Crippen LogP contribution in [0.3, 0.4) is 0 Å². The summed E-state index contributed by atoms with van der Waals surface area (Å²) in [5.41, 5.74) is 2.01. The standard InChI is InChI=1S/C24H25FN2O4/c25-18-4-1-3-17(13-18)14-22-23(28)19-5-6-21-20(24(19)31-22)15-27(16-30-21)8-2-7-26-9-11-29-12-10-26/h1,3-6,13-14H,2,7-12,15-16H2/b22-14-. The number of Topliss-reactive ketones (excluding diaryl/α,β-unsaturated/α-hetero) is 1. The Bertz CT molecular complexity index is 1020. The molecule has 2 aromatic carbocycles. The Hall–Kier alpha value is -2.74. The van der Waals surface area contributed by atoms with Crippen LogP contribution in [0.15, 0.2) is 42.2 Å². The van der Waals surface area contributed by atoms with Crippen molar-refractivity contribution in [2.45, 2.75) is 13.0 Å². The molecule has 0 bridgehead atoms. The molecular formula is C24H25FN2O4. The van der Waals surface area contributed by atoms with Crippen LogP contribution < -0.4 is 9.47 Å². The summed E-state index contributed by atoms with van der Waals surface area (Å²) >= 11 is 0. The van der Waals surface area contributed by atoms with Gasteiger partial charge in [-0.25, -0.2) is 4.39 Å². The third-order valence-corrected chi connectivity index (χ3v) is 5.88. The van der Waals surface area contributed by atoms with Gasteiger partial charge in [-0.05, 0) is 48.9 Å². The monoisotopic (exact) mass is 424 g/mol. The van der Waals surface area contributed by atoms with Gasteiger partial charge in [0.25, 0.3) is 0 Å². The number of allylic oxidation sites excluding steroid dienone is 1. The number of rotatable bonds is 5.